The molecule has 4 N–H and O–H groups in total. The highest BCUT2D eigenvalue weighted by molar-refractivity contribution is 7.90. The van der Waals surface area contributed by atoms with Crippen molar-refractivity contribution < 1.29 is 8.42 Å². The molecule has 0 saturated heterocycles. The molecular formula is C10H17N3O2S. The fraction of sp³-hybridized carbons (Fsp3) is 0.400. The first-order chi connectivity index (χ1) is 7.30. The van der Waals surface area contributed by atoms with Gasteiger partial charge < -0.3 is 5.73 Å². The van der Waals surface area contributed by atoms with Crippen LogP contribution >= 0.6 is 0 Å². The van der Waals surface area contributed by atoms with Gasteiger partial charge in [-0.3, -0.25) is 4.72 Å². The van der Waals surface area contributed by atoms with Crippen molar-refractivity contribution in [2.24, 2.45) is 0 Å². The molecule has 5 nitrogen and oxygen atoms in total. The van der Waals surface area contributed by atoms with E-state index in [4.69, 9.17) is 5.73 Å². The minimum absolute atomic E-state index is 0.163. The van der Waals surface area contributed by atoms with Crippen LogP contribution in [0, 0.1) is 6.92 Å². The second kappa shape index (κ2) is 4.71. The summed E-state index contributed by atoms with van der Waals surface area (Å²) in [7, 11) is -3.55. The number of aryl methyl sites for hydroxylation is 1. The van der Waals surface area contributed by atoms with E-state index in [-0.39, 0.29) is 6.04 Å². The Bertz CT molecular complexity index is 469. The molecular weight excluding hydrogens is 226 g/mol. The maximum Gasteiger partial charge on any atom is 0.299 e. The van der Waals surface area contributed by atoms with E-state index in [0.717, 1.165) is 5.56 Å². The van der Waals surface area contributed by atoms with Gasteiger partial charge in [0.2, 0.25) is 0 Å². The van der Waals surface area contributed by atoms with Crippen molar-refractivity contribution in [2.45, 2.75) is 26.8 Å². The number of nitrogens with one attached hydrogen (secondary N) is 2. The van der Waals surface area contributed by atoms with Gasteiger partial charge in [0.25, 0.3) is 10.2 Å². The molecule has 90 valence electrons. The number of anilines is 2. The van der Waals surface area contributed by atoms with Crippen LogP contribution in [0.1, 0.15) is 19.4 Å². The van der Waals surface area contributed by atoms with E-state index in [1.807, 2.05) is 6.92 Å². The van der Waals surface area contributed by atoms with E-state index in [0.29, 0.717) is 11.4 Å². The number of hydrogen-bond acceptors (Lipinski definition) is 3. The van der Waals surface area contributed by atoms with Gasteiger partial charge in [-0.05, 0) is 38.5 Å². The average Bonchev–Trinajstić information content (AvgIpc) is 2.07. The van der Waals surface area contributed by atoms with Gasteiger partial charge in [-0.15, -0.1) is 0 Å². The molecule has 0 bridgehead atoms. The summed E-state index contributed by atoms with van der Waals surface area (Å²) in [6.07, 6.45) is 0. The van der Waals surface area contributed by atoms with Crippen LogP contribution in [0.15, 0.2) is 18.2 Å². The highest BCUT2D eigenvalue weighted by Gasteiger charge is 2.12. The molecule has 16 heavy (non-hydrogen) atoms. The highest BCUT2D eigenvalue weighted by atomic mass is 32.2. The Morgan fingerprint density at radius 1 is 1.31 bits per heavy atom. The monoisotopic (exact) mass is 243 g/mol. The van der Waals surface area contributed by atoms with Crippen LogP contribution in [0.5, 0.6) is 0 Å². The smallest absolute Gasteiger partial charge is 0.299 e. The number of nitrogens with two attached hydrogens (primary N) is 1. The van der Waals surface area contributed by atoms with E-state index in [1.165, 1.54) is 0 Å². The summed E-state index contributed by atoms with van der Waals surface area (Å²) in [6, 6.07) is 4.99. The van der Waals surface area contributed by atoms with Crippen molar-refractivity contribution in [2.75, 3.05) is 10.5 Å². The predicted octanol–water partition coefficient (Wildman–Crippen LogP) is 1.23. The first-order valence-electron chi connectivity index (χ1n) is 4.96. The fourth-order valence-electron chi connectivity index (χ4n) is 1.26. The molecule has 1 aromatic carbocycles. The first kappa shape index (κ1) is 12.8. The Hall–Kier alpha value is -1.27. The quantitative estimate of drug-likeness (QED) is 0.695. The lowest BCUT2D eigenvalue weighted by Crippen LogP contribution is -2.35. The standard InChI is InChI=1S/C10H17N3O2S/c1-7(2)12-16(14,15)13-10-5-4-8(3)6-9(10)11/h4-7,12-13H,11H2,1-3H3. The van der Waals surface area contributed by atoms with E-state index in [2.05, 4.69) is 9.44 Å². The molecule has 0 heterocycles. The van der Waals surface area contributed by atoms with Crippen molar-refractivity contribution in [1.29, 1.82) is 0 Å². The van der Waals surface area contributed by atoms with Gasteiger partial charge in [-0.2, -0.15) is 13.1 Å². The second-order valence-corrected chi connectivity index (χ2v) is 5.42. The van der Waals surface area contributed by atoms with Crippen molar-refractivity contribution in [1.82, 2.24) is 4.72 Å². The van der Waals surface area contributed by atoms with Crippen LogP contribution in [0.2, 0.25) is 0 Å². The van der Waals surface area contributed by atoms with Crippen LogP contribution in [0.4, 0.5) is 11.4 Å². The Morgan fingerprint density at radius 2 is 1.94 bits per heavy atom. The van der Waals surface area contributed by atoms with E-state index >= 15 is 0 Å². The van der Waals surface area contributed by atoms with Gasteiger partial charge in [0.15, 0.2) is 0 Å². The molecule has 0 radical (unpaired) electrons. The van der Waals surface area contributed by atoms with Gasteiger partial charge in [0.05, 0.1) is 11.4 Å². The summed E-state index contributed by atoms with van der Waals surface area (Å²) >= 11 is 0. The second-order valence-electron chi connectivity index (χ2n) is 3.97. The van der Waals surface area contributed by atoms with Crippen LogP contribution in [0.25, 0.3) is 0 Å². The number of nitrogen functional groups attached to an aromatic ring is 1. The SMILES string of the molecule is Cc1ccc(NS(=O)(=O)NC(C)C)c(N)c1. The Kier molecular flexibility index (Phi) is 3.77. The first-order valence-corrected chi connectivity index (χ1v) is 6.44. The van der Waals surface area contributed by atoms with Gasteiger partial charge >= 0.3 is 0 Å². The highest BCUT2D eigenvalue weighted by Crippen LogP contribution is 2.20. The van der Waals surface area contributed by atoms with E-state index in [9.17, 15) is 8.42 Å². The van der Waals surface area contributed by atoms with Gasteiger partial charge in [0.1, 0.15) is 0 Å². The Morgan fingerprint density at radius 3 is 2.44 bits per heavy atom. The van der Waals surface area contributed by atoms with E-state index < -0.39 is 10.2 Å². The molecule has 0 spiro atoms. The molecule has 0 atom stereocenters. The third kappa shape index (κ3) is 3.71. The summed E-state index contributed by atoms with van der Waals surface area (Å²) < 4.78 is 27.9. The van der Waals surface area contributed by atoms with Crippen molar-refractivity contribution in [3.8, 4) is 0 Å². The van der Waals surface area contributed by atoms with Crippen LogP contribution < -0.4 is 15.2 Å². The topological polar surface area (TPSA) is 84.2 Å². The minimum Gasteiger partial charge on any atom is -0.397 e. The van der Waals surface area contributed by atoms with Crippen LogP contribution in [-0.4, -0.2) is 14.5 Å². The predicted molar refractivity (Wildman–Crippen MR) is 66.4 cm³/mol. The molecule has 0 aromatic heterocycles. The molecule has 0 aliphatic carbocycles. The maximum atomic E-state index is 11.6. The molecule has 0 fully saturated rings. The Labute approximate surface area is 96.2 Å². The zero-order valence-corrected chi connectivity index (χ0v) is 10.4. The molecule has 0 amide bonds. The van der Waals surface area contributed by atoms with Crippen LogP contribution in [-0.2, 0) is 10.2 Å². The molecule has 0 aliphatic rings. The molecule has 0 unspecified atom stereocenters. The van der Waals surface area contributed by atoms with Crippen molar-refractivity contribution >= 4 is 21.6 Å². The normalized spacial score (nSPS) is 11.8. The summed E-state index contributed by atoms with van der Waals surface area (Å²) in [5, 5.41) is 0. The number of benzene rings is 1. The van der Waals surface area contributed by atoms with Gasteiger partial charge in [-0.1, -0.05) is 6.07 Å². The minimum atomic E-state index is -3.55. The Balaban J connectivity index is 2.88. The van der Waals surface area contributed by atoms with Crippen LogP contribution in [0.3, 0.4) is 0 Å². The lowest BCUT2D eigenvalue weighted by molar-refractivity contribution is 0.575. The van der Waals surface area contributed by atoms with Gasteiger partial charge in [0, 0.05) is 6.04 Å². The third-order valence-corrected chi connectivity index (χ3v) is 3.11. The number of rotatable bonds is 4. The average molecular weight is 243 g/mol. The maximum absolute atomic E-state index is 11.6. The number of hydrogen-bond donors (Lipinski definition) is 3. The van der Waals surface area contributed by atoms with Gasteiger partial charge in [-0.25, -0.2) is 0 Å². The third-order valence-electron chi connectivity index (χ3n) is 1.84. The van der Waals surface area contributed by atoms with Crippen molar-refractivity contribution in [3.63, 3.8) is 0 Å². The summed E-state index contributed by atoms with van der Waals surface area (Å²) in [5.74, 6) is 0. The lowest BCUT2D eigenvalue weighted by Gasteiger charge is -2.13. The molecule has 1 aromatic rings. The fourth-order valence-corrected chi connectivity index (χ4v) is 2.41. The molecule has 0 saturated carbocycles. The summed E-state index contributed by atoms with van der Waals surface area (Å²) in [6.45, 7) is 5.39. The largest absolute Gasteiger partial charge is 0.397 e. The molecule has 0 aliphatic heterocycles. The summed E-state index contributed by atoms with van der Waals surface area (Å²) in [5.41, 5.74) is 7.49. The summed E-state index contributed by atoms with van der Waals surface area (Å²) in [4.78, 5) is 0. The van der Waals surface area contributed by atoms with Crippen molar-refractivity contribution in [3.05, 3.63) is 23.8 Å². The zero-order chi connectivity index (χ0) is 12.3. The molecule has 6 heteroatoms. The lowest BCUT2D eigenvalue weighted by atomic mass is 10.2. The zero-order valence-electron chi connectivity index (χ0n) is 9.61. The molecule has 1 rings (SSSR count). The van der Waals surface area contributed by atoms with E-state index in [1.54, 1.807) is 32.0 Å².